The number of methoxy groups -OCH3 is 1. The number of nitrogens with zero attached hydrogens (tertiary/aromatic N) is 3. The van der Waals surface area contributed by atoms with Crippen LogP contribution in [0.3, 0.4) is 0 Å². The van der Waals surface area contributed by atoms with Gasteiger partial charge in [0.05, 0.1) is 17.5 Å². The number of halogens is 1. The van der Waals surface area contributed by atoms with Crippen LogP contribution in [0.25, 0.3) is 21.6 Å². The van der Waals surface area contributed by atoms with Crippen LogP contribution >= 0.6 is 22.9 Å². The molecule has 0 unspecified atom stereocenters. The number of ether oxygens (including phenoxy) is 1. The first-order chi connectivity index (χ1) is 16.0. The Morgan fingerprint density at radius 1 is 1.21 bits per heavy atom. The highest BCUT2D eigenvalue weighted by Gasteiger charge is 2.22. The fraction of sp³-hybridized carbons (Fsp3) is 0.250. The van der Waals surface area contributed by atoms with E-state index in [9.17, 15) is 4.79 Å². The average molecular weight is 481 g/mol. The minimum atomic E-state index is -1.07. The summed E-state index contributed by atoms with van der Waals surface area (Å²) in [6.45, 7) is 0.538. The van der Waals surface area contributed by atoms with Crippen molar-refractivity contribution in [3.05, 3.63) is 63.2 Å². The Balaban J connectivity index is 1.55. The van der Waals surface area contributed by atoms with Gasteiger partial charge in [0.1, 0.15) is 22.1 Å². The van der Waals surface area contributed by atoms with E-state index in [1.807, 2.05) is 18.2 Å². The molecule has 0 spiro atoms. The van der Waals surface area contributed by atoms with Gasteiger partial charge in [-0.25, -0.2) is 19.7 Å². The van der Waals surface area contributed by atoms with Gasteiger partial charge in [0.2, 0.25) is 0 Å². The van der Waals surface area contributed by atoms with Gasteiger partial charge in [-0.05, 0) is 61.1 Å². The van der Waals surface area contributed by atoms with Gasteiger partial charge in [-0.15, -0.1) is 11.3 Å². The minimum Gasteiger partial charge on any atom is -0.495 e. The van der Waals surface area contributed by atoms with Crippen molar-refractivity contribution < 1.29 is 14.6 Å². The summed E-state index contributed by atoms with van der Waals surface area (Å²) >= 11 is 8.02. The van der Waals surface area contributed by atoms with Crippen LogP contribution in [-0.2, 0) is 19.4 Å². The van der Waals surface area contributed by atoms with E-state index in [4.69, 9.17) is 31.4 Å². The summed E-state index contributed by atoms with van der Waals surface area (Å²) in [5, 5.41) is 14.3. The second-order valence-electron chi connectivity index (χ2n) is 7.85. The molecule has 5 rings (SSSR count). The first-order valence-corrected chi connectivity index (χ1v) is 11.8. The summed E-state index contributed by atoms with van der Waals surface area (Å²) in [6, 6.07) is 8.86. The molecule has 1 aromatic carbocycles. The Hall–Kier alpha value is -3.23. The maximum absolute atomic E-state index is 11.2. The van der Waals surface area contributed by atoms with Crippen LogP contribution in [0.2, 0.25) is 5.02 Å². The summed E-state index contributed by atoms with van der Waals surface area (Å²) in [6.07, 6.45) is 5.94. The number of carboxylic acids is 1. The van der Waals surface area contributed by atoms with Crippen LogP contribution in [0.15, 0.2) is 36.5 Å². The fourth-order valence-electron chi connectivity index (χ4n) is 4.07. The van der Waals surface area contributed by atoms with Gasteiger partial charge in [-0.3, -0.25) is 0 Å². The first-order valence-electron chi connectivity index (χ1n) is 10.6. The minimum absolute atomic E-state index is 0.0128. The smallest absolute Gasteiger partial charge is 0.354 e. The molecule has 0 bridgehead atoms. The van der Waals surface area contributed by atoms with Gasteiger partial charge in [-0.2, -0.15) is 0 Å². The number of aromatic nitrogens is 3. The molecule has 0 fully saturated rings. The van der Waals surface area contributed by atoms with Crippen molar-refractivity contribution in [2.75, 3.05) is 12.4 Å². The molecule has 0 aliphatic heterocycles. The third-order valence-electron chi connectivity index (χ3n) is 5.73. The van der Waals surface area contributed by atoms with Crippen LogP contribution in [0.4, 0.5) is 5.82 Å². The molecule has 7 nitrogen and oxygen atoms in total. The third kappa shape index (κ3) is 4.24. The van der Waals surface area contributed by atoms with Gasteiger partial charge < -0.3 is 15.2 Å². The van der Waals surface area contributed by atoms with Crippen molar-refractivity contribution in [3.63, 3.8) is 0 Å². The van der Waals surface area contributed by atoms with Gasteiger partial charge in [0.25, 0.3) is 0 Å². The number of nitrogens with one attached hydrogen (secondary N) is 1. The van der Waals surface area contributed by atoms with Crippen LogP contribution in [0, 0.1) is 0 Å². The monoisotopic (exact) mass is 480 g/mol. The van der Waals surface area contributed by atoms with E-state index in [-0.39, 0.29) is 5.69 Å². The van der Waals surface area contributed by atoms with E-state index in [1.54, 1.807) is 24.5 Å². The predicted octanol–water partition coefficient (Wildman–Crippen LogP) is 5.60. The van der Waals surface area contributed by atoms with Crippen molar-refractivity contribution in [1.29, 1.82) is 0 Å². The Bertz CT molecular complexity index is 1350. The highest BCUT2D eigenvalue weighted by Crippen LogP contribution is 2.39. The number of fused-ring (bicyclic) bond motifs is 3. The highest BCUT2D eigenvalue weighted by atomic mass is 35.5. The number of anilines is 1. The number of thiophene rings is 1. The molecule has 1 aliphatic carbocycles. The maximum atomic E-state index is 11.2. The lowest BCUT2D eigenvalue weighted by molar-refractivity contribution is 0.0690. The van der Waals surface area contributed by atoms with Crippen LogP contribution in [0.5, 0.6) is 5.75 Å². The average Bonchev–Trinajstić information content (AvgIpc) is 3.21. The van der Waals surface area contributed by atoms with E-state index >= 15 is 0 Å². The Labute approximate surface area is 199 Å². The summed E-state index contributed by atoms with van der Waals surface area (Å²) in [7, 11) is 1.59. The van der Waals surface area contributed by atoms with Crippen molar-refractivity contribution in [1.82, 2.24) is 15.0 Å². The number of benzene rings is 1. The molecule has 0 amide bonds. The van der Waals surface area contributed by atoms with Crippen molar-refractivity contribution in [2.24, 2.45) is 0 Å². The molecule has 2 N–H and O–H groups in total. The van der Waals surface area contributed by atoms with E-state index < -0.39 is 5.97 Å². The molecule has 0 saturated carbocycles. The Kier molecular flexibility index (Phi) is 5.86. The molecule has 4 aromatic rings. The molecular formula is C24H21ClN4O3S. The largest absolute Gasteiger partial charge is 0.495 e. The summed E-state index contributed by atoms with van der Waals surface area (Å²) in [5.41, 5.74) is 3.00. The first kappa shape index (κ1) is 21.6. The molecule has 0 atom stereocenters. The number of carboxylic acid groups (broad SMARTS) is 1. The van der Waals surface area contributed by atoms with E-state index in [0.29, 0.717) is 28.7 Å². The molecule has 33 heavy (non-hydrogen) atoms. The SMILES string of the molecule is COc1ccc(CNc2nc(-c3ccc(C(=O)O)nc3)nc3sc4c(c23)CCCC4)cc1Cl. The second-order valence-corrected chi connectivity index (χ2v) is 9.34. The second kappa shape index (κ2) is 8.96. The normalized spacial score (nSPS) is 13.0. The quantitative estimate of drug-likeness (QED) is 0.370. The third-order valence-corrected chi connectivity index (χ3v) is 7.21. The number of pyridine rings is 1. The lowest BCUT2D eigenvalue weighted by atomic mass is 9.97. The number of hydrogen-bond acceptors (Lipinski definition) is 7. The van der Waals surface area contributed by atoms with Gasteiger partial charge in [0.15, 0.2) is 5.82 Å². The lowest BCUT2D eigenvalue weighted by Gasteiger charge is -2.14. The topological polar surface area (TPSA) is 97.2 Å². The Morgan fingerprint density at radius 3 is 2.79 bits per heavy atom. The molecule has 0 saturated heterocycles. The predicted molar refractivity (Wildman–Crippen MR) is 130 cm³/mol. The molecule has 0 radical (unpaired) electrons. The molecule has 3 aromatic heterocycles. The van der Waals surface area contributed by atoms with Gasteiger partial charge in [0, 0.05) is 23.2 Å². The molecule has 1 aliphatic rings. The number of rotatable bonds is 6. The van der Waals surface area contributed by atoms with Crippen LogP contribution in [0.1, 0.15) is 39.3 Å². The van der Waals surface area contributed by atoms with Gasteiger partial charge >= 0.3 is 5.97 Å². The number of aryl methyl sites for hydroxylation is 2. The van der Waals surface area contributed by atoms with E-state index in [0.717, 1.165) is 40.9 Å². The fourth-order valence-corrected chi connectivity index (χ4v) is 5.61. The lowest BCUT2D eigenvalue weighted by Crippen LogP contribution is -2.06. The van der Waals surface area contributed by atoms with Crippen molar-refractivity contribution >= 4 is 44.9 Å². The molecule has 168 valence electrons. The van der Waals surface area contributed by atoms with Crippen molar-refractivity contribution in [3.8, 4) is 17.1 Å². The molecule has 3 heterocycles. The zero-order chi connectivity index (χ0) is 22.9. The zero-order valence-electron chi connectivity index (χ0n) is 17.9. The van der Waals surface area contributed by atoms with Gasteiger partial charge in [-0.1, -0.05) is 17.7 Å². The summed E-state index contributed by atoms with van der Waals surface area (Å²) in [4.78, 5) is 27.1. The summed E-state index contributed by atoms with van der Waals surface area (Å²) < 4.78 is 5.25. The number of carbonyl (C=O) groups is 1. The highest BCUT2D eigenvalue weighted by molar-refractivity contribution is 7.19. The number of hydrogen-bond donors (Lipinski definition) is 2. The Morgan fingerprint density at radius 2 is 2.06 bits per heavy atom. The van der Waals surface area contributed by atoms with Crippen LogP contribution in [-0.4, -0.2) is 33.1 Å². The maximum Gasteiger partial charge on any atom is 0.354 e. The van der Waals surface area contributed by atoms with Crippen LogP contribution < -0.4 is 10.1 Å². The molecule has 9 heteroatoms. The molecular weight excluding hydrogens is 460 g/mol. The summed E-state index contributed by atoms with van der Waals surface area (Å²) in [5.74, 6) is 0.852. The van der Waals surface area contributed by atoms with E-state index in [1.165, 1.54) is 29.1 Å². The van der Waals surface area contributed by atoms with Crippen molar-refractivity contribution in [2.45, 2.75) is 32.2 Å². The number of aromatic carboxylic acids is 1. The standard InChI is InChI=1S/C24H21ClN4O3S/c1-32-18-9-6-13(10-16(18)25)11-27-22-20-15-4-2-3-5-19(15)33-23(20)29-21(28-22)14-7-8-17(24(30)31)26-12-14/h6-10,12H,2-5,11H2,1H3,(H,30,31)(H,27,28,29). The zero-order valence-corrected chi connectivity index (χ0v) is 19.5. The van der Waals surface area contributed by atoms with E-state index in [2.05, 4.69) is 10.3 Å².